The van der Waals surface area contributed by atoms with Gasteiger partial charge < -0.3 is 14.6 Å². The minimum atomic E-state index is -3.84. The largest absolute Gasteiger partial charge is 0.373 e. The van der Waals surface area contributed by atoms with E-state index in [1.54, 1.807) is 12.5 Å². The number of aromatic nitrogens is 2. The fourth-order valence-electron chi connectivity index (χ4n) is 3.29. The number of ether oxygens (including phenoxy) is 1. The van der Waals surface area contributed by atoms with Gasteiger partial charge in [0.1, 0.15) is 4.90 Å². The average Bonchev–Trinajstić information content (AvgIpc) is 3.18. The molecule has 29 heavy (non-hydrogen) atoms. The molecule has 1 aromatic heterocycles. The first-order chi connectivity index (χ1) is 13.8. The molecule has 1 aliphatic heterocycles. The Morgan fingerprint density at radius 2 is 2.03 bits per heavy atom. The van der Waals surface area contributed by atoms with Crippen LogP contribution in [0, 0.1) is 0 Å². The number of hydrogen-bond donors (Lipinski definition) is 1. The molecule has 0 bridgehead atoms. The maximum Gasteiger partial charge on any atom is 0.251 e. The number of benzene rings is 1. The van der Waals surface area contributed by atoms with Crippen LogP contribution in [0.4, 0.5) is 0 Å². The number of morpholine rings is 1. The van der Waals surface area contributed by atoms with Gasteiger partial charge in [0.2, 0.25) is 10.0 Å². The summed E-state index contributed by atoms with van der Waals surface area (Å²) >= 11 is 6.18. The van der Waals surface area contributed by atoms with Crippen molar-refractivity contribution in [2.24, 2.45) is 0 Å². The highest BCUT2D eigenvalue weighted by Gasteiger charge is 2.33. The van der Waals surface area contributed by atoms with Crippen LogP contribution in [-0.2, 0) is 21.3 Å². The molecule has 0 radical (unpaired) electrons. The van der Waals surface area contributed by atoms with Gasteiger partial charge in [0, 0.05) is 44.1 Å². The van der Waals surface area contributed by atoms with Crippen molar-refractivity contribution >= 4 is 27.5 Å². The summed E-state index contributed by atoms with van der Waals surface area (Å²) in [4.78, 5) is 16.4. The lowest BCUT2D eigenvalue weighted by atomic mass is 10.2. The first-order valence-corrected chi connectivity index (χ1v) is 11.3. The summed E-state index contributed by atoms with van der Waals surface area (Å²) in [5.41, 5.74) is 0.255. The standard InChI is InChI=1S/C19H25ClN4O4S/c1-14-11-24(12-15(2)28-14)29(26,27)18-10-16(4-5-17(18)20)19(25)22-6-3-8-23-9-7-21-13-23/h4-5,7,9-10,13-15H,3,6,8,11-12H2,1-2H3,(H,22,25). The van der Waals surface area contributed by atoms with Gasteiger partial charge in [-0.05, 0) is 38.5 Å². The molecule has 0 spiro atoms. The van der Waals surface area contributed by atoms with Crippen LogP contribution >= 0.6 is 11.6 Å². The molecule has 2 heterocycles. The van der Waals surface area contributed by atoms with E-state index in [2.05, 4.69) is 10.3 Å². The molecule has 1 aromatic carbocycles. The van der Waals surface area contributed by atoms with Crippen LogP contribution in [0.2, 0.25) is 5.02 Å². The second kappa shape index (κ2) is 9.25. The van der Waals surface area contributed by atoms with E-state index in [-0.39, 0.29) is 46.7 Å². The van der Waals surface area contributed by atoms with Crippen LogP contribution < -0.4 is 5.32 Å². The SMILES string of the molecule is CC1CN(S(=O)(=O)c2cc(C(=O)NCCCn3ccnc3)ccc2Cl)CC(C)O1. The van der Waals surface area contributed by atoms with Crippen LogP contribution in [0.15, 0.2) is 41.8 Å². The molecular formula is C19H25ClN4O4S. The molecule has 158 valence electrons. The van der Waals surface area contributed by atoms with E-state index in [9.17, 15) is 13.2 Å². The highest BCUT2D eigenvalue weighted by molar-refractivity contribution is 7.89. The summed E-state index contributed by atoms with van der Waals surface area (Å²) in [6, 6.07) is 4.31. The molecule has 8 nitrogen and oxygen atoms in total. The highest BCUT2D eigenvalue weighted by atomic mass is 35.5. The minimum Gasteiger partial charge on any atom is -0.373 e. The van der Waals surface area contributed by atoms with Gasteiger partial charge in [-0.25, -0.2) is 13.4 Å². The Labute approximate surface area is 175 Å². The lowest BCUT2D eigenvalue weighted by Crippen LogP contribution is -2.48. The van der Waals surface area contributed by atoms with E-state index in [0.717, 1.165) is 13.0 Å². The molecule has 2 aromatic rings. The molecule has 1 aliphatic rings. The van der Waals surface area contributed by atoms with Crippen molar-refractivity contribution in [3.05, 3.63) is 47.5 Å². The lowest BCUT2D eigenvalue weighted by molar-refractivity contribution is -0.0440. The highest BCUT2D eigenvalue weighted by Crippen LogP contribution is 2.28. The number of carbonyl (C=O) groups excluding carboxylic acids is 1. The van der Waals surface area contributed by atoms with Crippen LogP contribution in [-0.4, -0.2) is 60.0 Å². The lowest BCUT2D eigenvalue weighted by Gasteiger charge is -2.34. The van der Waals surface area contributed by atoms with Crippen molar-refractivity contribution in [1.82, 2.24) is 19.2 Å². The third-order valence-corrected chi connectivity index (χ3v) is 6.95. The minimum absolute atomic E-state index is 0.0634. The van der Waals surface area contributed by atoms with Crippen molar-refractivity contribution < 1.29 is 17.9 Å². The van der Waals surface area contributed by atoms with E-state index in [4.69, 9.17) is 16.3 Å². The Hall–Kier alpha value is -1.94. The quantitative estimate of drug-likeness (QED) is 0.666. The number of hydrogen-bond acceptors (Lipinski definition) is 5. The summed E-state index contributed by atoms with van der Waals surface area (Å²) in [6.45, 7) is 5.33. The van der Waals surface area contributed by atoms with Gasteiger partial charge in [-0.15, -0.1) is 0 Å². The fourth-order valence-corrected chi connectivity index (χ4v) is 5.38. The molecule has 3 rings (SSSR count). The predicted octanol–water partition coefficient (Wildman–Crippen LogP) is 2.15. The number of nitrogens with zero attached hydrogens (tertiary/aromatic N) is 3. The van der Waals surface area contributed by atoms with E-state index >= 15 is 0 Å². The van der Waals surface area contributed by atoms with Crippen molar-refractivity contribution in [3.8, 4) is 0 Å². The Balaban J connectivity index is 1.69. The Bertz CT molecular complexity index is 939. The van der Waals surface area contributed by atoms with E-state index in [1.165, 1.54) is 22.5 Å². The molecule has 2 unspecified atom stereocenters. The van der Waals surface area contributed by atoms with Gasteiger partial charge in [0.05, 0.1) is 23.6 Å². The van der Waals surface area contributed by atoms with Crippen molar-refractivity contribution in [3.63, 3.8) is 0 Å². The zero-order valence-electron chi connectivity index (χ0n) is 16.4. The smallest absolute Gasteiger partial charge is 0.251 e. The Morgan fingerprint density at radius 1 is 1.31 bits per heavy atom. The van der Waals surface area contributed by atoms with Gasteiger partial charge in [-0.1, -0.05) is 11.6 Å². The molecule has 1 amide bonds. The number of carbonyl (C=O) groups is 1. The number of aryl methyl sites for hydroxylation is 1. The molecule has 1 saturated heterocycles. The molecular weight excluding hydrogens is 416 g/mol. The summed E-state index contributed by atoms with van der Waals surface area (Å²) in [6.07, 6.45) is 5.56. The van der Waals surface area contributed by atoms with Crippen molar-refractivity contribution in [1.29, 1.82) is 0 Å². The van der Waals surface area contributed by atoms with Gasteiger partial charge >= 0.3 is 0 Å². The first-order valence-electron chi connectivity index (χ1n) is 9.46. The van der Waals surface area contributed by atoms with Crippen LogP contribution in [0.25, 0.3) is 0 Å². The molecule has 0 saturated carbocycles. The third kappa shape index (κ3) is 5.36. The zero-order chi connectivity index (χ0) is 21.0. The summed E-state index contributed by atoms with van der Waals surface area (Å²) in [5, 5.41) is 2.90. The Kier molecular flexibility index (Phi) is 6.94. The number of rotatable bonds is 7. The zero-order valence-corrected chi connectivity index (χ0v) is 18.0. The summed E-state index contributed by atoms with van der Waals surface area (Å²) in [7, 11) is -3.84. The fraction of sp³-hybridized carbons (Fsp3) is 0.474. The second-order valence-corrected chi connectivity index (χ2v) is 9.45. The molecule has 10 heteroatoms. The third-order valence-electron chi connectivity index (χ3n) is 4.64. The Morgan fingerprint density at radius 3 is 2.69 bits per heavy atom. The number of nitrogens with one attached hydrogen (secondary N) is 1. The maximum absolute atomic E-state index is 13.1. The molecule has 1 N–H and O–H groups in total. The molecule has 2 atom stereocenters. The number of imidazole rings is 1. The second-order valence-electron chi connectivity index (χ2n) is 7.13. The summed E-state index contributed by atoms with van der Waals surface area (Å²) < 4.78 is 35.1. The van der Waals surface area contributed by atoms with E-state index < -0.39 is 10.0 Å². The average molecular weight is 441 g/mol. The van der Waals surface area contributed by atoms with Gasteiger partial charge in [-0.3, -0.25) is 4.79 Å². The molecule has 1 fully saturated rings. The normalized spacial score (nSPS) is 20.5. The van der Waals surface area contributed by atoms with Gasteiger partial charge in [-0.2, -0.15) is 4.31 Å². The van der Waals surface area contributed by atoms with Crippen LogP contribution in [0.5, 0.6) is 0 Å². The van der Waals surface area contributed by atoms with Crippen LogP contribution in [0.3, 0.4) is 0 Å². The van der Waals surface area contributed by atoms with Crippen molar-refractivity contribution in [2.45, 2.75) is 43.9 Å². The number of halogens is 1. The van der Waals surface area contributed by atoms with Gasteiger partial charge in [0.25, 0.3) is 5.91 Å². The summed E-state index contributed by atoms with van der Waals surface area (Å²) in [5.74, 6) is -0.340. The van der Waals surface area contributed by atoms with Crippen LogP contribution in [0.1, 0.15) is 30.6 Å². The van der Waals surface area contributed by atoms with Gasteiger partial charge in [0.15, 0.2) is 0 Å². The number of sulfonamides is 1. The molecule has 0 aliphatic carbocycles. The van der Waals surface area contributed by atoms with Crippen molar-refractivity contribution in [2.75, 3.05) is 19.6 Å². The van der Waals surface area contributed by atoms with E-state index in [0.29, 0.717) is 6.54 Å². The van der Waals surface area contributed by atoms with E-state index in [1.807, 2.05) is 24.6 Å². The monoisotopic (exact) mass is 440 g/mol. The maximum atomic E-state index is 13.1. The topological polar surface area (TPSA) is 93.5 Å². The number of amides is 1. The predicted molar refractivity (Wildman–Crippen MR) is 109 cm³/mol. The first kappa shape index (κ1) is 21.8.